The van der Waals surface area contributed by atoms with E-state index in [2.05, 4.69) is 0 Å². The van der Waals surface area contributed by atoms with Gasteiger partial charge in [-0.3, -0.25) is 9.59 Å². The number of Topliss-reactive ketones (excluding diaryl/α,β-unsaturated/α-hetero) is 1. The molecule has 0 bridgehead atoms. The van der Waals surface area contributed by atoms with Gasteiger partial charge < -0.3 is 33.6 Å². The second-order valence-corrected chi connectivity index (χ2v) is 11.6. The van der Waals surface area contributed by atoms with Gasteiger partial charge in [-0.2, -0.15) is 0 Å². The number of methoxy groups -OCH3 is 1. The van der Waals surface area contributed by atoms with Crippen molar-refractivity contribution in [1.29, 1.82) is 0 Å². The Bertz CT molecular complexity index is 1880. The van der Waals surface area contributed by atoms with E-state index in [-0.39, 0.29) is 39.4 Å². The number of benzene rings is 2. The van der Waals surface area contributed by atoms with E-state index in [9.17, 15) is 34.5 Å². The summed E-state index contributed by atoms with van der Waals surface area (Å²) in [5, 5.41) is 30.6. The largest absolute Gasteiger partial charge is 0.507 e. The molecule has 0 saturated carbocycles. The van der Waals surface area contributed by atoms with Crippen LogP contribution in [-0.4, -0.2) is 52.0 Å². The van der Waals surface area contributed by atoms with Crippen molar-refractivity contribution in [3.63, 3.8) is 0 Å². The summed E-state index contributed by atoms with van der Waals surface area (Å²) in [5.41, 5.74) is 0.569. The lowest BCUT2D eigenvalue weighted by Crippen LogP contribution is -2.12. The van der Waals surface area contributed by atoms with E-state index in [1.807, 2.05) is 13.0 Å². The molecular weight excluding hydrogens is 628 g/mol. The van der Waals surface area contributed by atoms with Crippen LogP contribution in [0.4, 0.5) is 0 Å². The fraction of sp³-hybridized carbons (Fsp3) is 0.257. The van der Waals surface area contributed by atoms with E-state index in [4.69, 9.17) is 18.3 Å². The number of carboxylic acid groups (broad SMARTS) is 1. The van der Waals surface area contributed by atoms with Crippen LogP contribution in [0.3, 0.4) is 0 Å². The van der Waals surface area contributed by atoms with Crippen molar-refractivity contribution in [3.8, 4) is 11.5 Å². The highest BCUT2D eigenvalue weighted by Gasteiger charge is 2.25. The number of fused-ring (bicyclic) bond motifs is 1. The van der Waals surface area contributed by atoms with Gasteiger partial charge in [0.25, 0.3) is 0 Å². The Hall–Kier alpha value is -5.07. The number of esters is 1. The molecule has 0 radical (unpaired) electrons. The summed E-state index contributed by atoms with van der Waals surface area (Å²) in [6.07, 6.45) is 8.88. The molecule has 2 aromatic heterocycles. The summed E-state index contributed by atoms with van der Waals surface area (Å²) >= 11 is 1.20. The first-order valence-corrected chi connectivity index (χ1v) is 15.6. The lowest BCUT2D eigenvalue weighted by Gasteiger charge is -2.18. The minimum atomic E-state index is -1.37. The maximum atomic E-state index is 12.4. The Labute approximate surface area is 274 Å². The lowest BCUT2D eigenvalue weighted by molar-refractivity contribution is 0.0598. The van der Waals surface area contributed by atoms with Gasteiger partial charge in [0.15, 0.2) is 11.2 Å². The summed E-state index contributed by atoms with van der Waals surface area (Å²) in [5.74, 6) is -2.13. The van der Waals surface area contributed by atoms with E-state index >= 15 is 0 Å². The number of hydrogen-bond donors (Lipinski definition) is 3. The summed E-state index contributed by atoms with van der Waals surface area (Å²) in [4.78, 5) is 48.1. The first kappa shape index (κ1) is 34.8. The molecular formula is C35H34O11S. The van der Waals surface area contributed by atoms with E-state index in [1.54, 1.807) is 36.4 Å². The van der Waals surface area contributed by atoms with Gasteiger partial charge in [-0.25, -0.2) is 9.59 Å². The van der Waals surface area contributed by atoms with E-state index in [1.165, 1.54) is 50.3 Å². The van der Waals surface area contributed by atoms with Gasteiger partial charge in [-0.1, -0.05) is 37.6 Å². The highest BCUT2D eigenvalue weighted by Crippen LogP contribution is 2.36. The highest BCUT2D eigenvalue weighted by atomic mass is 32.2. The second-order valence-electron chi connectivity index (χ2n) is 10.4. The number of aliphatic hydroxyl groups excluding tert-OH is 1. The third-order valence-electron chi connectivity index (χ3n) is 7.04. The number of hydrogen-bond acceptors (Lipinski definition) is 11. The fourth-order valence-corrected chi connectivity index (χ4v) is 5.76. The first-order valence-electron chi connectivity index (χ1n) is 14.7. The molecule has 0 amide bonds. The summed E-state index contributed by atoms with van der Waals surface area (Å²) < 4.78 is 21.5. The number of aromatic hydroxyl groups is 1. The topological polar surface area (TPSA) is 174 Å². The Morgan fingerprint density at radius 3 is 2.57 bits per heavy atom. The molecule has 0 fully saturated rings. The maximum absolute atomic E-state index is 12.4. The Kier molecular flexibility index (Phi) is 11.8. The van der Waals surface area contributed by atoms with Crippen molar-refractivity contribution in [2.24, 2.45) is 0 Å². The number of furan rings is 1. The molecule has 0 spiro atoms. The third-order valence-corrected chi connectivity index (χ3v) is 8.25. The Morgan fingerprint density at radius 1 is 1.09 bits per heavy atom. The number of rotatable bonds is 15. The van der Waals surface area contributed by atoms with Gasteiger partial charge in [0, 0.05) is 16.5 Å². The number of ether oxygens (including phenoxy) is 2. The van der Waals surface area contributed by atoms with Crippen LogP contribution in [0.1, 0.15) is 75.4 Å². The predicted octanol–water partition coefficient (Wildman–Crippen LogP) is 6.51. The van der Waals surface area contributed by atoms with E-state index < -0.39 is 34.5 Å². The molecule has 4 rings (SSSR count). The number of aromatic carboxylic acids is 1. The van der Waals surface area contributed by atoms with Gasteiger partial charge in [0.1, 0.15) is 35.2 Å². The molecule has 0 saturated heterocycles. The molecule has 0 aliphatic heterocycles. The number of phenols is 1. The molecule has 246 valence electrons. The summed E-state index contributed by atoms with van der Waals surface area (Å²) in [6.45, 7) is 3.68. The molecule has 0 unspecified atom stereocenters. The zero-order chi connectivity index (χ0) is 34.1. The van der Waals surface area contributed by atoms with Gasteiger partial charge in [0.2, 0.25) is 5.76 Å². The molecule has 47 heavy (non-hydrogen) atoms. The van der Waals surface area contributed by atoms with E-state index in [0.717, 1.165) is 12.5 Å². The zero-order valence-corrected chi connectivity index (χ0v) is 26.7. The summed E-state index contributed by atoms with van der Waals surface area (Å²) in [7, 11) is 1.23. The van der Waals surface area contributed by atoms with Gasteiger partial charge in [-0.15, -0.1) is 11.8 Å². The Morgan fingerprint density at radius 2 is 1.87 bits per heavy atom. The third kappa shape index (κ3) is 8.60. The molecule has 12 heteroatoms. The maximum Gasteiger partial charge on any atom is 0.371 e. The Balaban J connectivity index is 1.50. The predicted molar refractivity (Wildman–Crippen MR) is 175 cm³/mol. The molecule has 2 aromatic carbocycles. The smallest absolute Gasteiger partial charge is 0.371 e. The number of aliphatic hydroxyl groups is 1. The van der Waals surface area contributed by atoms with Crippen LogP contribution < -0.4 is 10.2 Å². The quantitative estimate of drug-likeness (QED) is 0.0415. The van der Waals surface area contributed by atoms with Crippen molar-refractivity contribution < 1.29 is 48.0 Å². The second kappa shape index (κ2) is 16.0. The number of ketones is 1. The number of phenolic OH excluding ortho intramolecular Hbond substituents is 1. The standard InChI is InChI=1S/C35H34O11S/c1-4-9-25-27(14-13-23(20(2)36)32(25)38)44-15-8-6-5-7-10-31(33(39)29-16-21(19-45-29)35(42)43-3)47-22-11-12-24-26(37)18-30(34(40)41)46-28(24)17-22/h5-7,10-14,16-19,31,33,38-39H,4,8-9,15H2,1-3H3,(H,40,41)/b6-5-,10-7+/t31-,33+/m0/s1. The van der Waals surface area contributed by atoms with Gasteiger partial charge >= 0.3 is 11.9 Å². The molecule has 0 aliphatic rings. The average molecular weight is 663 g/mol. The number of carbonyl (C=O) groups excluding carboxylic acids is 2. The van der Waals surface area contributed by atoms with Crippen LogP contribution >= 0.6 is 11.8 Å². The molecule has 11 nitrogen and oxygen atoms in total. The number of thioether (sulfide) groups is 1. The highest BCUT2D eigenvalue weighted by molar-refractivity contribution is 8.00. The first-order chi connectivity index (χ1) is 22.5. The molecule has 2 heterocycles. The van der Waals surface area contributed by atoms with Crippen molar-refractivity contribution >= 4 is 40.5 Å². The SMILES string of the molecule is CCCc1c(OCC/C=C\C=C\[C@H](Sc2ccc3c(=O)cc(C(=O)O)oc3c2)[C@H](O)c2cc(C(=O)OC)co2)ccc(C(C)=O)c1O. The molecule has 4 aromatic rings. The van der Waals surface area contributed by atoms with Gasteiger partial charge in [-0.05, 0) is 56.2 Å². The minimum absolute atomic E-state index is 0.0523. The van der Waals surface area contributed by atoms with Crippen molar-refractivity contribution in [2.75, 3.05) is 13.7 Å². The van der Waals surface area contributed by atoms with Crippen LogP contribution in [0, 0.1) is 0 Å². The van der Waals surface area contributed by atoms with Crippen molar-refractivity contribution in [2.45, 2.75) is 49.4 Å². The summed E-state index contributed by atoms with van der Waals surface area (Å²) in [6, 6.07) is 10.2. The number of allylic oxidation sites excluding steroid dienone is 2. The normalized spacial score (nSPS) is 12.9. The van der Waals surface area contributed by atoms with E-state index in [0.29, 0.717) is 35.7 Å². The van der Waals surface area contributed by atoms with Crippen molar-refractivity contribution in [1.82, 2.24) is 0 Å². The molecule has 3 N–H and O–H groups in total. The minimum Gasteiger partial charge on any atom is -0.507 e. The van der Waals surface area contributed by atoms with Crippen LogP contribution in [0.2, 0.25) is 0 Å². The van der Waals surface area contributed by atoms with Crippen LogP contribution in [0.15, 0.2) is 91.6 Å². The van der Waals surface area contributed by atoms with Crippen molar-refractivity contribution in [3.05, 3.63) is 111 Å². The number of carbonyl (C=O) groups is 3. The zero-order valence-electron chi connectivity index (χ0n) is 25.9. The van der Waals surface area contributed by atoms with Crippen LogP contribution in [0.25, 0.3) is 11.0 Å². The number of carboxylic acids is 1. The molecule has 2 atom stereocenters. The fourth-order valence-electron chi connectivity index (χ4n) is 4.69. The monoisotopic (exact) mass is 662 g/mol. The molecule has 0 aliphatic carbocycles. The average Bonchev–Trinajstić information content (AvgIpc) is 3.54. The lowest BCUT2D eigenvalue weighted by atomic mass is 10.0. The van der Waals surface area contributed by atoms with Crippen LogP contribution in [0.5, 0.6) is 11.5 Å². The van der Waals surface area contributed by atoms with Gasteiger partial charge in [0.05, 0.1) is 35.5 Å². The van der Waals surface area contributed by atoms with Crippen LogP contribution in [-0.2, 0) is 11.2 Å².